The SMILES string of the molecule is C[C@H]1CCc2nc(NC(=O)CN(C)Cc3ncc[nH]3)sc2C1. The van der Waals surface area contributed by atoms with Crippen LogP contribution in [0, 0.1) is 5.92 Å². The summed E-state index contributed by atoms with van der Waals surface area (Å²) < 4.78 is 0. The molecule has 1 amide bonds. The molecular formula is C15H21N5OS. The maximum atomic E-state index is 12.1. The fraction of sp³-hybridized carbons (Fsp3) is 0.533. The van der Waals surface area contributed by atoms with E-state index in [1.165, 1.54) is 17.0 Å². The van der Waals surface area contributed by atoms with Crippen LogP contribution >= 0.6 is 11.3 Å². The van der Waals surface area contributed by atoms with E-state index in [1.54, 1.807) is 23.7 Å². The van der Waals surface area contributed by atoms with Crippen molar-refractivity contribution in [3.8, 4) is 0 Å². The van der Waals surface area contributed by atoms with Gasteiger partial charge in [0.25, 0.3) is 0 Å². The summed E-state index contributed by atoms with van der Waals surface area (Å²) in [5, 5.41) is 3.65. The molecule has 1 aliphatic rings. The third-order valence-electron chi connectivity index (χ3n) is 3.82. The number of rotatable bonds is 5. The lowest BCUT2D eigenvalue weighted by Crippen LogP contribution is -2.30. The van der Waals surface area contributed by atoms with Crippen molar-refractivity contribution < 1.29 is 4.79 Å². The van der Waals surface area contributed by atoms with E-state index in [4.69, 9.17) is 0 Å². The summed E-state index contributed by atoms with van der Waals surface area (Å²) in [7, 11) is 1.90. The Kier molecular flexibility index (Phi) is 4.54. The number of hydrogen-bond donors (Lipinski definition) is 2. The Bertz CT molecular complexity index is 636. The van der Waals surface area contributed by atoms with Crippen LogP contribution in [0.1, 0.15) is 29.7 Å². The Labute approximate surface area is 134 Å². The maximum absolute atomic E-state index is 12.1. The third kappa shape index (κ3) is 3.72. The normalized spacial score (nSPS) is 17.5. The summed E-state index contributed by atoms with van der Waals surface area (Å²) in [6.45, 7) is 3.21. The number of nitrogens with zero attached hydrogens (tertiary/aromatic N) is 3. The van der Waals surface area contributed by atoms with Gasteiger partial charge in [0.1, 0.15) is 5.82 Å². The van der Waals surface area contributed by atoms with Gasteiger partial charge in [-0.1, -0.05) is 6.92 Å². The van der Waals surface area contributed by atoms with Crippen LogP contribution in [0.15, 0.2) is 12.4 Å². The summed E-state index contributed by atoms with van der Waals surface area (Å²) in [6, 6.07) is 0. The van der Waals surface area contributed by atoms with E-state index in [-0.39, 0.29) is 5.91 Å². The zero-order valence-corrected chi connectivity index (χ0v) is 13.7. The highest BCUT2D eigenvalue weighted by Gasteiger charge is 2.20. The predicted octanol–water partition coefficient (Wildman–Crippen LogP) is 2.06. The van der Waals surface area contributed by atoms with Crippen LogP contribution in [0.3, 0.4) is 0 Å². The summed E-state index contributed by atoms with van der Waals surface area (Å²) in [4.78, 5) is 27.1. The topological polar surface area (TPSA) is 73.9 Å². The van der Waals surface area contributed by atoms with Crippen molar-refractivity contribution in [2.75, 3.05) is 18.9 Å². The lowest BCUT2D eigenvalue weighted by atomic mass is 9.93. The van der Waals surface area contributed by atoms with Crippen molar-refractivity contribution in [2.45, 2.75) is 32.7 Å². The van der Waals surface area contributed by atoms with Gasteiger partial charge in [0.15, 0.2) is 5.13 Å². The number of carbonyl (C=O) groups excluding carboxylic acids is 1. The van der Waals surface area contributed by atoms with E-state index in [0.29, 0.717) is 13.1 Å². The molecule has 0 bridgehead atoms. The van der Waals surface area contributed by atoms with Crippen molar-refractivity contribution >= 4 is 22.4 Å². The van der Waals surface area contributed by atoms with Gasteiger partial charge >= 0.3 is 0 Å². The monoisotopic (exact) mass is 319 g/mol. The molecule has 1 aliphatic carbocycles. The summed E-state index contributed by atoms with van der Waals surface area (Å²) in [5.41, 5.74) is 1.17. The van der Waals surface area contributed by atoms with E-state index >= 15 is 0 Å². The van der Waals surface area contributed by atoms with E-state index in [2.05, 4.69) is 27.2 Å². The molecule has 0 aromatic carbocycles. The number of imidazole rings is 1. The van der Waals surface area contributed by atoms with Crippen LogP contribution in [0.4, 0.5) is 5.13 Å². The average Bonchev–Trinajstić information content (AvgIpc) is 3.06. The molecule has 0 saturated carbocycles. The first-order chi connectivity index (χ1) is 10.6. The molecule has 118 valence electrons. The molecule has 6 nitrogen and oxygen atoms in total. The zero-order valence-electron chi connectivity index (χ0n) is 12.9. The Morgan fingerprint density at radius 3 is 3.23 bits per heavy atom. The second-order valence-corrected chi connectivity index (χ2v) is 7.08. The molecule has 0 unspecified atom stereocenters. The molecule has 3 rings (SSSR count). The van der Waals surface area contributed by atoms with Crippen molar-refractivity contribution in [1.82, 2.24) is 19.9 Å². The number of aromatic amines is 1. The highest BCUT2D eigenvalue weighted by atomic mass is 32.1. The summed E-state index contributed by atoms with van der Waals surface area (Å²) >= 11 is 1.62. The molecule has 2 N–H and O–H groups in total. The summed E-state index contributed by atoms with van der Waals surface area (Å²) in [5.74, 6) is 1.54. The molecule has 0 radical (unpaired) electrons. The van der Waals surface area contributed by atoms with Crippen molar-refractivity contribution in [1.29, 1.82) is 0 Å². The van der Waals surface area contributed by atoms with Gasteiger partial charge in [-0.15, -0.1) is 11.3 Å². The number of aryl methyl sites for hydroxylation is 1. The van der Waals surface area contributed by atoms with Crippen molar-refractivity contribution in [3.05, 3.63) is 28.8 Å². The maximum Gasteiger partial charge on any atom is 0.240 e. The minimum absolute atomic E-state index is 0.0341. The molecule has 22 heavy (non-hydrogen) atoms. The van der Waals surface area contributed by atoms with Crippen molar-refractivity contribution in [3.63, 3.8) is 0 Å². The van der Waals surface area contributed by atoms with Crippen molar-refractivity contribution in [2.24, 2.45) is 5.92 Å². The number of likely N-dealkylation sites (N-methyl/N-ethyl adjacent to an activating group) is 1. The average molecular weight is 319 g/mol. The molecule has 2 heterocycles. The number of amides is 1. The Hall–Kier alpha value is -1.73. The van der Waals surface area contributed by atoms with Gasteiger partial charge in [-0.3, -0.25) is 9.69 Å². The second-order valence-electron chi connectivity index (χ2n) is 5.99. The Balaban J connectivity index is 1.53. The second kappa shape index (κ2) is 6.58. The van der Waals surface area contributed by atoms with Gasteiger partial charge < -0.3 is 10.3 Å². The molecule has 7 heteroatoms. The van der Waals surface area contributed by atoms with E-state index < -0.39 is 0 Å². The lowest BCUT2D eigenvalue weighted by molar-refractivity contribution is -0.117. The van der Waals surface area contributed by atoms with Crippen LogP contribution in [0.25, 0.3) is 0 Å². The Morgan fingerprint density at radius 2 is 2.45 bits per heavy atom. The first-order valence-electron chi connectivity index (χ1n) is 7.55. The van der Waals surface area contributed by atoms with Gasteiger partial charge in [-0.25, -0.2) is 9.97 Å². The van der Waals surface area contributed by atoms with Crippen LogP contribution < -0.4 is 5.32 Å². The quantitative estimate of drug-likeness (QED) is 0.885. The minimum atomic E-state index is -0.0341. The van der Waals surface area contributed by atoms with Gasteiger partial charge in [0.05, 0.1) is 18.8 Å². The number of carbonyl (C=O) groups is 1. The number of fused-ring (bicyclic) bond motifs is 1. The largest absolute Gasteiger partial charge is 0.348 e. The number of thiazole rings is 1. The van der Waals surface area contributed by atoms with E-state index in [0.717, 1.165) is 29.7 Å². The lowest BCUT2D eigenvalue weighted by Gasteiger charge is -2.15. The van der Waals surface area contributed by atoms with Crippen LogP contribution in [0.5, 0.6) is 0 Å². The number of anilines is 1. The van der Waals surface area contributed by atoms with Gasteiger partial charge in [0.2, 0.25) is 5.91 Å². The fourth-order valence-corrected chi connectivity index (χ4v) is 3.88. The van der Waals surface area contributed by atoms with Crippen LogP contribution in [0.2, 0.25) is 0 Å². The molecular weight excluding hydrogens is 298 g/mol. The molecule has 2 aromatic rings. The van der Waals surface area contributed by atoms with E-state index in [9.17, 15) is 4.79 Å². The molecule has 0 saturated heterocycles. The van der Waals surface area contributed by atoms with Crippen LogP contribution in [-0.4, -0.2) is 39.4 Å². The number of hydrogen-bond acceptors (Lipinski definition) is 5. The number of nitrogens with one attached hydrogen (secondary N) is 2. The predicted molar refractivity (Wildman–Crippen MR) is 86.9 cm³/mol. The fourth-order valence-electron chi connectivity index (χ4n) is 2.69. The number of aromatic nitrogens is 3. The molecule has 0 aliphatic heterocycles. The third-order valence-corrected chi connectivity index (χ3v) is 4.86. The Morgan fingerprint density at radius 1 is 1.59 bits per heavy atom. The van der Waals surface area contributed by atoms with Gasteiger partial charge in [-0.2, -0.15) is 0 Å². The van der Waals surface area contributed by atoms with Gasteiger partial charge in [0, 0.05) is 17.3 Å². The first kappa shape index (κ1) is 15.2. The van der Waals surface area contributed by atoms with Gasteiger partial charge in [-0.05, 0) is 32.2 Å². The van der Waals surface area contributed by atoms with E-state index in [1.807, 2.05) is 11.9 Å². The summed E-state index contributed by atoms with van der Waals surface area (Å²) in [6.07, 6.45) is 6.80. The first-order valence-corrected chi connectivity index (χ1v) is 8.37. The molecule has 1 atom stereocenters. The standard InChI is InChI=1S/C15H21N5OS/c1-10-3-4-11-12(7-10)22-15(18-11)19-14(21)9-20(2)8-13-16-5-6-17-13/h5-6,10H,3-4,7-9H2,1-2H3,(H,16,17)(H,18,19,21)/t10-/m0/s1. The highest BCUT2D eigenvalue weighted by molar-refractivity contribution is 7.15. The minimum Gasteiger partial charge on any atom is -0.348 e. The smallest absolute Gasteiger partial charge is 0.240 e. The zero-order chi connectivity index (χ0) is 15.5. The van der Waals surface area contributed by atoms with Crippen LogP contribution in [-0.2, 0) is 24.2 Å². The highest BCUT2D eigenvalue weighted by Crippen LogP contribution is 2.31. The number of H-pyrrole nitrogens is 1. The molecule has 0 spiro atoms. The molecule has 0 fully saturated rings. The molecule has 2 aromatic heterocycles.